The number of hydrogen-bond donors (Lipinski definition) is 5. The lowest BCUT2D eigenvalue weighted by Gasteiger charge is -2.44. The van der Waals surface area contributed by atoms with Crippen molar-refractivity contribution < 1.29 is 33.6 Å². The van der Waals surface area contributed by atoms with Gasteiger partial charge in [-0.15, -0.1) is 23.4 Å². The van der Waals surface area contributed by atoms with E-state index in [1.807, 2.05) is 0 Å². The number of rotatable bonds is 10. The first kappa shape index (κ1) is 30.5. The van der Waals surface area contributed by atoms with Gasteiger partial charge in [-0.3, -0.25) is 4.79 Å². The highest BCUT2D eigenvalue weighted by atomic mass is 35.5. The normalized spacial score (nSPS) is 32.4. The molecule has 0 aliphatic carbocycles. The van der Waals surface area contributed by atoms with E-state index in [0.29, 0.717) is 31.7 Å². The second kappa shape index (κ2) is 14.4. The van der Waals surface area contributed by atoms with Crippen LogP contribution >= 0.6 is 23.4 Å². The van der Waals surface area contributed by atoms with Crippen molar-refractivity contribution in [1.29, 1.82) is 0 Å². The van der Waals surface area contributed by atoms with Crippen LogP contribution in [0.4, 0.5) is 8.78 Å². The van der Waals surface area contributed by atoms with Crippen molar-refractivity contribution in [1.82, 2.24) is 10.6 Å². The van der Waals surface area contributed by atoms with Gasteiger partial charge in [0, 0.05) is 5.56 Å². The number of aliphatic hydroxyl groups is 3. The minimum atomic E-state index is -1.42. The van der Waals surface area contributed by atoms with Gasteiger partial charge in [0.2, 0.25) is 5.91 Å². The minimum absolute atomic E-state index is 0.141. The summed E-state index contributed by atoms with van der Waals surface area (Å²) in [7, 11) is 0. The fraction of sp³-hybridized carbons (Fsp3) is 0.731. The number of nitrogens with one attached hydrogen (secondary N) is 2. The Bertz CT molecular complexity index is 863. The molecule has 7 nitrogen and oxygen atoms in total. The number of hydrogen-bond acceptors (Lipinski definition) is 7. The zero-order valence-electron chi connectivity index (χ0n) is 21.3. The molecule has 0 aromatic heterocycles. The third-order valence-corrected chi connectivity index (χ3v) is 8.60. The van der Waals surface area contributed by atoms with Gasteiger partial charge in [0.15, 0.2) is 0 Å². The Morgan fingerprint density at radius 3 is 2.51 bits per heavy atom. The zero-order valence-corrected chi connectivity index (χ0v) is 22.9. The van der Waals surface area contributed by atoms with E-state index in [1.165, 1.54) is 30.0 Å². The van der Waals surface area contributed by atoms with Gasteiger partial charge in [-0.25, -0.2) is 8.78 Å². The van der Waals surface area contributed by atoms with Gasteiger partial charge in [0.25, 0.3) is 0 Å². The third-order valence-electron chi connectivity index (χ3n) is 7.47. The summed E-state index contributed by atoms with van der Waals surface area (Å²) in [6, 6.07) is 2.71. The molecule has 210 valence electrons. The molecule has 1 aromatic carbocycles. The SMILES string of the molecule is CSC1O[C@H]([C@H](NC(=O)[C@@H]2CC[C@H](CCCCc3c(F)cccc3F)CCN2)[C@H](C)Cl)C(O)C(O)[C@H]1O. The number of aliphatic hydroxyl groups excluding tert-OH is 3. The molecule has 0 spiro atoms. The van der Waals surface area contributed by atoms with Crippen molar-refractivity contribution in [2.45, 2.75) is 99.2 Å². The molecular formula is C26H39ClF2N2O5S. The smallest absolute Gasteiger partial charge is 0.237 e. The van der Waals surface area contributed by atoms with Crippen LogP contribution in [-0.4, -0.2) is 81.3 Å². The average molecular weight is 565 g/mol. The van der Waals surface area contributed by atoms with Crippen molar-refractivity contribution >= 4 is 29.3 Å². The minimum Gasteiger partial charge on any atom is -0.388 e. The summed E-state index contributed by atoms with van der Waals surface area (Å²) in [5.41, 5.74) is -0.618. The monoisotopic (exact) mass is 564 g/mol. The number of carbonyl (C=O) groups is 1. The molecule has 3 rings (SSSR count). The first-order valence-corrected chi connectivity index (χ1v) is 14.7. The third kappa shape index (κ3) is 8.00. The summed E-state index contributed by atoms with van der Waals surface area (Å²) in [5, 5.41) is 36.5. The molecule has 1 aromatic rings. The molecule has 2 fully saturated rings. The van der Waals surface area contributed by atoms with Crippen LogP contribution in [0.3, 0.4) is 0 Å². The molecule has 2 aliphatic rings. The Balaban J connectivity index is 1.49. The number of unbranched alkanes of at least 4 members (excludes halogenated alkanes) is 1. The fourth-order valence-electron chi connectivity index (χ4n) is 5.22. The number of carbonyl (C=O) groups excluding carboxylic acids is 1. The van der Waals surface area contributed by atoms with Gasteiger partial charge < -0.3 is 30.7 Å². The van der Waals surface area contributed by atoms with Gasteiger partial charge >= 0.3 is 0 Å². The number of thioether (sulfide) groups is 1. The highest BCUT2D eigenvalue weighted by molar-refractivity contribution is 7.99. The summed E-state index contributed by atoms with van der Waals surface area (Å²) >= 11 is 7.57. The van der Waals surface area contributed by atoms with Crippen LogP contribution in [-0.2, 0) is 16.0 Å². The van der Waals surface area contributed by atoms with Crippen LogP contribution in [0, 0.1) is 17.6 Å². The quantitative estimate of drug-likeness (QED) is 0.219. The van der Waals surface area contributed by atoms with E-state index in [4.69, 9.17) is 16.3 Å². The van der Waals surface area contributed by atoms with E-state index >= 15 is 0 Å². The summed E-state index contributed by atoms with van der Waals surface area (Å²) in [4.78, 5) is 13.1. The molecule has 1 amide bonds. The molecule has 3 unspecified atom stereocenters. The molecule has 0 bridgehead atoms. The first-order chi connectivity index (χ1) is 17.6. The molecule has 2 aliphatic heterocycles. The van der Waals surface area contributed by atoms with Gasteiger partial charge in [0.1, 0.15) is 41.5 Å². The standard InChI is InChI=1S/C26H39ClF2N2O5S/c1-14(27)20(24-22(33)21(32)23(34)26(36-24)37-2)31-25(35)19-11-10-15(12-13-30-19)6-3-4-7-16-17(28)8-5-9-18(16)29/h5,8-9,14-15,19-24,26,30,32-34H,3-4,6-7,10-13H2,1-2H3,(H,31,35)/t14-,15-,19-,20+,21?,22?,23+,24+,26?/m0/s1. The fourth-order valence-corrected chi connectivity index (χ4v) is 6.10. The Kier molecular flexibility index (Phi) is 11.9. The summed E-state index contributed by atoms with van der Waals surface area (Å²) < 4.78 is 33.5. The Morgan fingerprint density at radius 2 is 1.86 bits per heavy atom. The van der Waals surface area contributed by atoms with Crippen LogP contribution in [0.15, 0.2) is 18.2 Å². The molecule has 2 saturated heterocycles. The maximum atomic E-state index is 13.8. The van der Waals surface area contributed by atoms with Gasteiger partial charge in [-0.05, 0) is 69.9 Å². The van der Waals surface area contributed by atoms with Crippen molar-refractivity contribution in [3.8, 4) is 0 Å². The number of alkyl halides is 1. The van der Waals surface area contributed by atoms with E-state index < -0.39 is 58.9 Å². The van der Waals surface area contributed by atoms with E-state index in [-0.39, 0.29) is 11.5 Å². The first-order valence-electron chi connectivity index (χ1n) is 13.0. The topological polar surface area (TPSA) is 111 Å². The molecule has 9 atom stereocenters. The average Bonchev–Trinajstić information content (AvgIpc) is 3.11. The highest BCUT2D eigenvalue weighted by Crippen LogP contribution is 2.30. The van der Waals surface area contributed by atoms with Crippen molar-refractivity contribution in [2.24, 2.45) is 5.92 Å². The van der Waals surface area contributed by atoms with Crippen LogP contribution in [0.5, 0.6) is 0 Å². The molecule has 5 N–H and O–H groups in total. The van der Waals surface area contributed by atoms with E-state index in [9.17, 15) is 28.9 Å². The summed E-state index contributed by atoms with van der Waals surface area (Å²) in [6.45, 7) is 2.34. The molecule has 11 heteroatoms. The van der Waals surface area contributed by atoms with Crippen LogP contribution in [0.1, 0.15) is 51.0 Å². The largest absolute Gasteiger partial charge is 0.388 e. The van der Waals surface area contributed by atoms with Crippen molar-refractivity contribution in [3.05, 3.63) is 35.4 Å². The van der Waals surface area contributed by atoms with Crippen LogP contribution in [0.25, 0.3) is 0 Å². The number of amides is 1. The summed E-state index contributed by atoms with van der Waals surface area (Å²) in [6.07, 6.45) is 1.84. The van der Waals surface area contributed by atoms with E-state index in [0.717, 1.165) is 25.7 Å². The van der Waals surface area contributed by atoms with Crippen molar-refractivity contribution in [2.75, 3.05) is 12.8 Å². The van der Waals surface area contributed by atoms with Gasteiger partial charge in [-0.1, -0.05) is 18.9 Å². The Hall–Kier alpha value is -1.01. The molecule has 0 radical (unpaired) electrons. The van der Waals surface area contributed by atoms with Crippen LogP contribution < -0.4 is 10.6 Å². The zero-order chi connectivity index (χ0) is 27.1. The van der Waals surface area contributed by atoms with Crippen molar-refractivity contribution in [3.63, 3.8) is 0 Å². The highest BCUT2D eigenvalue weighted by Gasteiger charge is 2.48. The molecular weight excluding hydrogens is 526 g/mol. The molecule has 2 heterocycles. The number of benzene rings is 1. The Labute approximate surface area is 226 Å². The number of halogens is 3. The lowest BCUT2D eigenvalue weighted by atomic mass is 9.91. The molecule has 0 saturated carbocycles. The number of ether oxygens (including phenoxy) is 1. The molecule has 37 heavy (non-hydrogen) atoms. The van der Waals surface area contributed by atoms with Crippen LogP contribution in [0.2, 0.25) is 0 Å². The predicted octanol–water partition coefficient (Wildman–Crippen LogP) is 2.72. The lowest BCUT2D eigenvalue weighted by molar-refractivity contribution is -0.205. The maximum Gasteiger partial charge on any atom is 0.237 e. The second-order valence-electron chi connectivity index (χ2n) is 10.1. The lowest BCUT2D eigenvalue weighted by Crippen LogP contribution is -2.65. The van der Waals surface area contributed by atoms with E-state index in [2.05, 4.69) is 10.6 Å². The van der Waals surface area contributed by atoms with Gasteiger partial charge in [0.05, 0.1) is 17.5 Å². The van der Waals surface area contributed by atoms with E-state index in [1.54, 1.807) is 13.2 Å². The van der Waals surface area contributed by atoms with Gasteiger partial charge in [-0.2, -0.15) is 0 Å². The maximum absolute atomic E-state index is 13.8. The predicted molar refractivity (Wildman–Crippen MR) is 140 cm³/mol. The Morgan fingerprint density at radius 1 is 1.16 bits per heavy atom. The second-order valence-corrected chi connectivity index (χ2v) is 11.7. The summed E-state index contributed by atoms with van der Waals surface area (Å²) in [5.74, 6) is -0.859.